The molecule has 1 fully saturated rings. The number of hydrogen-bond donors (Lipinski definition) is 3. The Bertz CT molecular complexity index is 145. The van der Waals surface area contributed by atoms with E-state index in [4.69, 9.17) is 15.3 Å². The molecule has 1 saturated carbocycles. The minimum Gasteiger partial charge on any atom is -0.481 e. The van der Waals surface area contributed by atoms with Crippen molar-refractivity contribution in [3.05, 3.63) is 0 Å². The molecule has 4 heteroatoms. The van der Waals surface area contributed by atoms with Gasteiger partial charge in [0, 0.05) is 0 Å². The number of aliphatic hydroxyl groups excluding tert-OH is 2. The lowest BCUT2D eigenvalue weighted by atomic mass is 10.1. The number of carboxylic acids is 1. The summed E-state index contributed by atoms with van der Waals surface area (Å²) in [5, 5.41) is 26.3. The second-order valence-electron chi connectivity index (χ2n) is 2.58. The summed E-state index contributed by atoms with van der Waals surface area (Å²) in [5.74, 6) is -1.79. The van der Waals surface area contributed by atoms with Gasteiger partial charge in [0.25, 0.3) is 0 Å². The molecule has 10 heavy (non-hydrogen) atoms. The maximum Gasteiger partial charge on any atom is 0.309 e. The maximum atomic E-state index is 10.3. The van der Waals surface area contributed by atoms with Crippen molar-refractivity contribution in [3.63, 3.8) is 0 Å². The Kier molecular flexibility index (Phi) is 1.92. The molecular weight excluding hydrogens is 136 g/mol. The van der Waals surface area contributed by atoms with Crippen molar-refractivity contribution in [1.29, 1.82) is 0 Å². The number of aliphatic carboxylic acids is 1. The highest BCUT2D eigenvalue weighted by Crippen LogP contribution is 2.25. The molecule has 4 nitrogen and oxygen atoms in total. The molecule has 0 heterocycles. The predicted octanol–water partition coefficient (Wildman–Crippen LogP) is -0.797. The topological polar surface area (TPSA) is 77.8 Å². The van der Waals surface area contributed by atoms with Gasteiger partial charge in [-0.05, 0) is 12.8 Å². The molecule has 0 radical (unpaired) electrons. The smallest absolute Gasteiger partial charge is 0.309 e. The van der Waals surface area contributed by atoms with Gasteiger partial charge in [-0.1, -0.05) is 0 Å². The lowest BCUT2D eigenvalue weighted by Gasteiger charge is -2.10. The Balaban J connectivity index is 2.57. The van der Waals surface area contributed by atoms with E-state index >= 15 is 0 Å². The third-order valence-electron chi connectivity index (χ3n) is 1.90. The van der Waals surface area contributed by atoms with Gasteiger partial charge in [0.05, 0.1) is 18.1 Å². The lowest BCUT2D eigenvalue weighted by Crippen LogP contribution is -2.29. The monoisotopic (exact) mass is 146 g/mol. The molecule has 0 aromatic carbocycles. The van der Waals surface area contributed by atoms with E-state index in [0.717, 1.165) is 0 Å². The van der Waals surface area contributed by atoms with Crippen molar-refractivity contribution in [2.24, 2.45) is 5.92 Å². The van der Waals surface area contributed by atoms with Gasteiger partial charge < -0.3 is 15.3 Å². The molecule has 0 saturated heterocycles. The zero-order valence-electron chi connectivity index (χ0n) is 5.40. The fourth-order valence-corrected chi connectivity index (χ4v) is 1.23. The van der Waals surface area contributed by atoms with Crippen LogP contribution in [0.1, 0.15) is 12.8 Å². The van der Waals surface area contributed by atoms with Crippen LogP contribution in [0.5, 0.6) is 0 Å². The van der Waals surface area contributed by atoms with E-state index in [0.29, 0.717) is 12.8 Å². The van der Waals surface area contributed by atoms with Crippen LogP contribution < -0.4 is 0 Å². The number of rotatable bonds is 1. The van der Waals surface area contributed by atoms with Gasteiger partial charge in [0.2, 0.25) is 0 Å². The molecule has 1 aliphatic rings. The predicted molar refractivity (Wildman–Crippen MR) is 32.4 cm³/mol. The summed E-state index contributed by atoms with van der Waals surface area (Å²) in [6, 6.07) is 0. The van der Waals surface area contributed by atoms with Gasteiger partial charge in [-0.3, -0.25) is 4.79 Å². The minimum absolute atomic E-state index is 0.373. The Labute approximate surface area is 58.1 Å². The summed E-state index contributed by atoms with van der Waals surface area (Å²) in [5.41, 5.74) is 0. The lowest BCUT2D eigenvalue weighted by molar-refractivity contribution is -0.145. The molecule has 0 bridgehead atoms. The normalized spacial score (nSPS) is 40.0. The molecule has 1 aliphatic carbocycles. The average molecular weight is 146 g/mol. The largest absolute Gasteiger partial charge is 0.481 e. The molecule has 3 N–H and O–H groups in total. The zero-order valence-corrected chi connectivity index (χ0v) is 5.40. The summed E-state index contributed by atoms with van der Waals surface area (Å²) >= 11 is 0. The molecule has 0 aliphatic heterocycles. The molecule has 1 unspecified atom stereocenters. The maximum absolute atomic E-state index is 10.3. The minimum atomic E-state index is -1.07. The van der Waals surface area contributed by atoms with Gasteiger partial charge in [-0.15, -0.1) is 0 Å². The van der Waals surface area contributed by atoms with Crippen molar-refractivity contribution >= 4 is 5.97 Å². The Hall–Kier alpha value is -0.610. The first-order valence-electron chi connectivity index (χ1n) is 3.22. The third-order valence-corrected chi connectivity index (χ3v) is 1.90. The molecule has 0 spiro atoms. The third kappa shape index (κ3) is 1.12. The molecular formula is C6H10O4. The van der Waals surface area contributed by atoms with Crippen LogP contribution in [0.4, 0.5) is 0 Å². The van der Waals surface area contributed by atoms with Crippen molar-refractivity contribution in [2.75, 3.05) is 0 Å². The highest BCUT2D eigenvalue weighted by molar-refractivity contribution is 5.71. The van der Waals surface area contributed by atoms with Crippen LogP contribution in [-0.2, 0) is 4.79 Å². The highest BCUT2D eigenvalue weighted by atomic mass is 16.4. The van der Waals surface area contributed by atoms with Crippen molar-refractivity contribution in [2.45, 2.75) is 25.0 Å². The Morgan fingerprint density at radius 3 is 2.10 bits per heavy atom. The van der Waals surface area contributed by atoms with Crippen LogP contribution in [0.3, 0.4) is 0 Å². The first-order valence-corrected chi connectivity index (χ1v) is 3.22. The second kappa shape index (κ2) is 2.56. The van der Waals surface area contributed by atoms with Crippen LogP contribution in [0.25, 0.3) is 0 Å². The zero-order chi connectivity index (χ0) is 7.72. The van der Waals surface area contributed by atoms with Crippen LogP contribution in [0.2, 0.25) is 0 Å². The van der Waals surface area contributed by atoms with Gasteiger partial charge in [0.15, 0.2) is 0 Å². The van der Waals surface area contributed by atoms with E-state index in [-0.39, 0.29) is 0 Å². The number of carboxylic acid groups (broad SMARTS) is 1. The van der Waals surface area contributed by atoms with Crippen LogP contribution >= 0.6 is 0 Å². The molecule has 3 atom stereocenters. The standard InChI is InChI=1S/C6H10O4/c7-4-2-1-3(5(4)8)6(9)10/h3-5,7-8H,1-2H2,(H,9,10)/t3?,4-,5+/m0/s1. The second-order valence-corrected chi connectivity index (χ2v) is 2.58. The first-order chi connectivity index (χ1) is 4.63. The van der Waals surface area contributed by atoms with E-state index in [9.17, 15) is 4.79 Å². The molecule has 0 amide bonds. The fraction of sp³-hybridized carbons (Fsp3) is 0.833. The highest BCUT2D eigenvalue weighted by Gasteiger charge is 2.37. The number of carbonyl (C=O) groups is 1. The van der Waals surface area contributed by atoms with Gasteiger partial charge in [0.1, 0.15) is 0 Å². The van der Waals surface area contributed by atoms with E-state index in [1.165, 1.54) is 0 Å². The summed E-state index contributed by atoms with van der Waals surface area (Å²) in [4.78, 5) is 10.3. The molecule has 58 valence electrons. The summed E-state index contributed by atoms with van der Waals surface area (Å²) < 4.78 is 0. The van der Waals surface area contributed by atoms with Gasteiger partial charge >= 0.3 is 5.97 Å². The SMILES string of the molecule is O=C(O)C1CC[C@H](O)[C@@H]1O. The van der Waals surface area contributed by atoms with Crippen LogP contribution in [0.15, 0.2) is 0 Å². The summed E-state index contributed by atoms with van der Waals surface area (Å²) in [6.07, 6.45) is -1.16. The van der Waals surface area contributed by atoms with E-state index < -0.39 is 24.1 Å². The number of hydrogen-bond acceptors (Lipinski definition) is 3. The van der Waals surface area contributed by atoms with Crippen LogP contribution in [0, 0.1) is 5.92 Å². The molecule has 0 aromatic heterocycles. The van der Waals surface area contributed by atoms with Crippen LogP contribution in [-0.4, -0.2) is 33.5 Å². The quantitative estimate of drug-likeness (QED) is 0.452. The van der Waals surface area contributed by atoms with Gasteiger partial charge in [-0.25, -0.2) is 0 Å². The van der Waals surface area contributed by atoms with E-state index in [1.807, 2.05) is 0 Å². The average Bonchev–Trinajstić information content (AvgIpc) is 2.14. The molecule has 1 rings (SSSR count). The van der Waals surface area contributed by atoms with Crippen molar-refractivity contribution in [3.8, 4) is 0 Å². The summed E-state index contributed by atoms with van der Waals surface area (Å²) in [7, 11) is 0. The Morgan fingerprint density at radius 1 is 1.30 bits per heavy atom. The number of aliphatic hydroxyl groups is 2. The van der Waals surface area contributed by atoms with Crippen molar-refractivity contribution in [1.82, 2.24) is 0 Å². The Morgan fingerprint density at radius 2 is 1.90 bits per heavy atom. The van der Waals surface area contributed by atoms with E-state index in [1.54, 1.807) is 0 Å². The van der Waals surface area contributed by atoms with Crippen molar-refractivity contribution < 1.29 is 20.1 Å². The fourth-order valence-electron chi connectivity index (χ4n) is 1.23. The first kappa shape index (κ1) is 7.50. The van der Waals surface area contributed by atoms with Gasteiger partial charge in [-0.2, -0.15) is 0 Å². The van der Waals surface area contributed by atoms with E-state index in [2.05, 4.69) is 0 Å². The molecule has 0 aromatic rings. The summed E-state index contributed by atoms with van der Waals surface area (Å²) in [6.45, 7) is 0.